The highest BCUT2D eigenvalue weighted by atomic mass is 16.5. The van der Waals surface area contributed by atoms with Crippen LogP contribution in [0, 0.1) is 12.8 Å². The number of rotatable bonds is 6. The number of hydrogen-bond donors (Lipinski definition) is 2. The molecule has 4 nitrogen and oxygen atoms in total. The Hall–Kier alpha value is -3.47. The van der Waals surface area contributed by atoms with Crippen molar-refractivity contribution in [2.75, 3.05) is 0 Å². The van der Waals surface area contributed by atoms with E-state index in [9.17, 15) is 10.2 Å². The summed E-state index contributed by atoms with van der Waals surface area (Å²) in [6.45, 7) is 2.49. The van der Waals surface area contributed by atoms with Gasteiger partial charge in [0.1, 0.15) is 18.0 Å². The van der Waals surface area contributed by atoms with E-state index in [0.29, 0.717) is 19.4 Å². The molecule has 0 amide bonds. The highest BCUT2D eigenvalue weighted by molar-refractivity contribution is 5.46. The number of pyridine rings is 1. The van der Waals surface area contributed by atoms with Crippen LogP contribution in [0.25, 0.3) is 0 Å². The first-order valence-corrected chi connectivity index (χ1v) is 13.6. The van der Waals surface area contributed by atoms with Crippen LogP contribution in [-0.4, -0.2) is 21.3 Å². The molecule has 1 saturated carbocycles. The van der Waals surface area contributed by atoms with Gasteiger partial charge in [0.25, 0.3) is 0 Å². The largest absolute Gasteiger partial charge is 0.489 e. The van der Waals surface area contributed by atoms with Crippen LogP contribution in [-0.2, 0) is 30.5 Å². The Kier molecular flexibility index (Phi) is 6.55. The summed E-state index contributed by atoms with van der Waals surface area (Å²) in [5, 5.41) is 23.4. The molecule has 194 valence electrons. The fourth-order valence-corrected chi connectivity index (χ4v) is 6.92. The van der Waals surface area contributed by atoms with Gasteiger partial charge in [-0.05, 0) is 85.4 Å². The van der Waals surface area contributed by atoms with Gasteiger partial charge in [-0.25, -0.2) is 0 Å². The molecule has 4 heteroatoms. The SMILES string of the molecule is Cc1ncccc1COc1ccc2c(c1)CC[C@@H]1CC(O)(c3ccccc3)[C@@H](O)C[C@@]21Cc1ccccc1. The van der Waals surface area contributed by atoms with Gasteiger partial charge in [-0.2, -0.15) is 0 Å². The third kappa shape index (κ3) is 4.42. The molecule has 3 aromatic carbocycles. The summed E-state index contributed by atoms with van der Waals surface area (Å²) >= 11 is 0. The molecule has 6 rings (SSSR count). The lowest BCUT2D eigenvalue weighted by Gasteiger charge is -2.55. The van der Waals surface area contributed by atoms with E-state index in [2.05, 4.69) is 53.5 Å². The average Bonchev–Trinajstić information content (AvgIpc) is 2.94. The van der Waals surface area contributed by atoms with Crippen molar-refractivity contribution >= 4 is 0 Å². The first kappa shape index (κ1) is 24.8. The van der Waals surface area contributed by atoms with Gasteiger partial charge in [-0.15, -0.1) is 0 Å². The van der Waals surface area contributed by atoms with E-state index >= 15 is 0 Å². The molecule has 0 bridgehead atoms. The molecule has 4 aromatic rings. The zero-order chi connectivity index (χ0) is 26.2. The highest BCUT2D eigenvalue weighted by Gasteiger charge is 2.56. The highest BCUT2D eigenvalue weighted by Crippen LogP contribution is 2.56. The van der Waals surface area contributed by atoms with Gasteiger partial charge in [-0.3, -0.25) is 4.98 Å². The van der Waals surface area contributed by atoms with Crippen LogP contribution >= 0.6 is 0 Å². The molecule has 2 aliphatic rings. The molecule has 38 heavy (non-hydrogen) atoms. The Labute approximate surface area is 225 Å². The number of hydrogen-bond acceptors (Lipinski definition) is 4. The van der Waals surface area contributed by atoms with Gasteiger partial charge < -0.3 is 14.9 Å². The molecule has 1 aromatic heterocycles. The maximum Gasteiger partial charge on any atom is 0.120 e. The van der Waals surface area contributed by atoms with Crippen molar-refractivity contribution in [1.82, 2.24) is 4.98 Å². The second kappa shape index (κ2) is 10.0. The van der Waals surface area contributed by atoms with Gasteiger partial charge in [0.2, 0.25) is 0 Å². The summed E-state index contributed by atoms with van der Waals surface area (Å²) in [4.78, 5) is 4.37. The predicted octanol–water partition coefficient (Wildman–Crippen LogP) is 6.05. The van der Waals surface area contributed by atoms with Crippen molar-refractivity contribution in [1.29, 1.82) is 0 Å². The number of aliphatic hydroxyl groups is 2. The smallest absolute Gasteiger partial charge is 0.120 e. The average molecular weight is 506 g/mol. The van der Waals surface area contributed by atoms with Crippen LogP contribution in [0.2, 0.25) is 0 Å². The summed E-state index contributed by atoms with van der Waals surface area (Å²) in [6.07, 6.45) is 4.73. The topological polar surface area (TPSA) is 62.6 Å². The van der Waals surface area contributed by atoms with Crippen molar-refractivity contribution < 1.29 is 14.9 Å². The molecule has 0 aliphatic heterocycles. The second-order valence-electron chi connectivity index (χ2n) is 11.1. The quantitative estimate of drug-likeness (QED) is 0.335. The third-order valence-corrected chi connectivity index (χ3v) is 8.97. The van der Waals surface area contributed by atoms with Crippen LogP contribution < -0.4 is 4.74 Å². The fraction of sp³-hybridized carbons (Fsp3) is 0.324. The van der Waals surface area contributed by atoms with Gasteiger partial charge in [-0.1, -0.05) is 72.8 Å². The number of aliphatic hydroxyl groups excluding tert-OH is 1. The van der Waals surface area contributed by atoms with Crippen molar-refractivity contribution in [2.24, 2.45) is 5.92 Å². The van der Waals surface area contributed by atoms with Crippen LogP contribution in [0.3, 0.4) is 0 Å². The van der Waals surface area contributed by atoms with E-state index in [1.807, 2.05) is 49.4 Å². The van der Waals surface area contributed by atoms with E-state index in [-0.39, 0.29) is 11.3 Å². The fourth-order valence-electron chi connectivity index (χ4n) is 6.92. The summed E-state index contributed by atoms with van der Waals surface area (Å²) in [5.74, 6) is 1.10. The van der Waals surface area contributed by atoms with E-state index in [1.54, 1.807) is 6.20 Å². The third-order valence-electron chi connectivity index (χ3n) is 8.97. The molecule has 0 saturated heterocycles. The van der Waals surface area contributed by atoms with Crippen molar-refractivity contribution in [3.05, 3.63) is 131 Å². The summed E-state index contributed by atoms with van der Waals surface area (Å²) in [5.41, 5.74) is 5.21. The molecule has 1 unspecified atom stereocenters. The van der Waals surface area contributed by atoms with Crippen molar-refractivity contribution in [3.63, 3.8) is 0 Å². The van der Waals surface area contributed by atoms with Crippen LogP contribution in [0.5, 0.6) is 5.75 Å². The molecule has 1 heterocycles. The summed E-state index contributed by atoms with van der Waals surface area (Å²) in [6, 6.07) is 30.8. The standard InChI is InChI=1S/C34H35NO3/c1-24-27(11-8-18-35-24)23-38-30-16-17-31-26(19-30)14-15-29-21-34(37,28-12-6-3-7-13-28)32(36)22-33(29,31)20-25-9-4-2-5-10-25/h2-13,16-19,29,32,36-37H,14-15,20-23H2,1H3/t29-,32+,33-,34?/m1/s1. The zero-order valence-electron chi connectivity index (χ0n) is 21.9. The van der Waals surface area contributed by atoms with E-state index in [4.69, 9.17) is 4.74 Å². The van der Waals surface area contributed by atoms with E-state index in [0.717, 1.165) is 41.8 Å². The maximum atomic E-state index is 11.8. The first-order chi connectivity index (χ1) is 18.5. The van der Waals surface area contributed by atoms with Gasteiger partial charge in [0.15, 0.2) is 0 Å². The van der Waals surface area contributed by atoms with Crippen LogP contribution in [0.1, 0.15) is 52.8 Å². The minimum Gasteiger partial charge on any atom is -0.489 e. The maximum absolute atomic E-state index is 11.8. The Balaban J connectivity index is 1.35. The molecular formula is C34H35NO3. The lowest BCUT2D eigenvalue weighted by molar-refractivity contribution is -0.145. The van der Waals surface area contributed by atoms with Gasteiger partial charge in [0.05, 0.1) is 6.10 Å². The van der Waals surface area contributed by atoms with Gasteiger partial charge >= 0.3 is 0 Å². The van der Waals surface area contributed by atoms with E-state index in [1.165, 1.54) is 16.7 Å². The number of benzene rings is 3. The second-order valence-corrected chi connectivity index (χ2v) is 11.1. The molecule has 0 spiro atoms. The van der Waals surface area contributed by atoms with Crippen molar-refractivity contribution in [3.8, 4) is 5.75 Å². The number of ether oxygens (including phenoxy) is 1. The number of aromatic nitrogens is 1. The number of nitrogens with zero attached hydrogens (tertiary/aromatic N) is 1. The Bertz CT molecular complexity index is 1410. The minimum atomic E-state index is -1.24. The molecule has 4 atom stereocenters. The molecule has 2 N–H and O–H groups in total. The normalized spacial score (nSPS) is 26.3. The summed E-state index contributed by atoms with van der Waals surface area (Å²) in [7, 11) is 0. The molecular weight excluding hydrogens is 470 g/mol. The van der Waals surface area contributed by atoms with Crippen LogP contribution in [0.15, 0.2) is 97.2 Å². The molecule has 1 fully saturated rings. The van der Waals surface area contributed by atoms with E-state index < -0.39 is 11.7 Å². The molecule has 0 radical (unpaired) electrons. The lowest BCUT2D eigenvalue weighted by Crippen LogP contribution is -2.57. The predicted molar refractivity (Wildman–Crippen MR) is 149 cm³/mol. The van der Waals surface area contributed by atoms with Crippen LogP contribution in [0.4, 0.5) is 0 Å². The lowest BCUT2D eigenvalue weighted by atomic mass is 9.51. The van der Waals surface area contributed by atoms with Crippen molar-refractivity contribution in [2.45, 2.75) is 62.8 Å². The Morgan fingerprint density at radius 3 is 2.45 bits per heavy atom. The first-order valence-electron chi connectivity index (χ1n) is 13.6. The number of fused-ring (bicyclic) bond motifs is 3. The minimum absolute atomic E-state index is 0.244. The monoisotopic (exact) mass is 505 g/mol. The van der Waals surface area contributed by atoms with Gasteiger partial charge in [0, 0.05) is 22.9 Å². The molecule has 2 aliphatic carbocycles. The summed E-state index contributed by atoms with van der Waals surface area (Å²) < 4.78 is 6.21. The zero-order valence-corrected chi connectivity index (χ0v) is 21.9. The Morgan fingerprint density at radius 1 is 0.921 bits per heavy atom. The number of aryl methyl sites for hydroxylation is 2. The Morgan fingerprint density at radius 2 is 1.68 bits per heavy atom.